The lowest BCUT2D eigenvalue weighted by Gasteiger charge is -2.22. The number of hydrogen-bond acceptors (Lipinski definition) is 10. The number of thiazole rings is 1. The van der Waals surface area contributed by atoms with Gasteiger partial charge in [0.1, 0.15) is 17.6 Å². The summed E-state index contributed by atoms with van der Waals surface area (Å²) < 4.78 is 18.9. The Kier molecular flexibility index (Phi) is 8.25. The van der Waals surface area contributed by atoms with Gasteiger partial charge in [-0.2, -0.15) is 0 Å². The molecule has 2 aromatic carbocycles. The summed E-state index contributed by atoms with van der Waals surface area (Å²) in [5.41, 5.74) is 0.730. The molecule has 0 radical (unpaired) electrons. The van der Waals surface area contributed by atoms with Crippen LogP contribution < -0.4 is 19.6 Å². The van der Waals surface area contributed by atoms with Gasteiger partial charge >= 0.3 is 5.97 Å². The van der Waals surface area contributed by atoms with Crippen LogP contribution in [0.15, 0.2) is 67.9 Å². The lowest BCUT2D eigenvalue weighted by atomic mass is 10.0. The molecule has 2 aromatic heterocycles. The molecular formula is C28H21ClIN3O8S. The lowest BCUT2D eigenvalue weighted by molar-refractivity contribution is -0.384. The summed E-state index contributed by atoms with van der Waals surface area (Å²) in [4.78, 5) is 42.7. The van der Waals surface area contributed by atoms with Crippen molar-refractivity contribution >= 4 is 63.3 Å². The molecule has 3 heterocycles. The van der Waals surface area contributed by atoms with E-state index in [1.807, 2.05) is 22.6 Å². The van der Waals surface area contributed by atoms with Gasteiger partial charge in [-0.25, -0.2) is 9.79 Å². The van der Waals surface area contributed by atoms with Crippen molar-refractivity contribution in [3.63, 3.8) is 0 Å². The van der Waals surface area contributed by atoms with E-state index in [4.69, 9.17) is 25.5 Å². The van der Waals surface area contributed by atoms with Gasteiger partial charge < -0.3 is 19.0 Å². The van der Waals surface area contributed by atoms with Crippen molar-refractivity contribution in [2.75, 3.05) is 13.7 Å². The number of non-ortho nitro benzene ring substituents is 1. The van der Waals surface area contributed by atoms with Crippen LogP contribution in [0, 0.1) is 13.7 Å². The van der Waals surface area contributed by atoms with Gasteiger partial charge in [0.25, 0.3) is 11.2 Å². The second-order valence-corrected chi connectivity index (χ2v) is 11.6. The molecule has 1 aliphatic heterocycles. The SMILES string of the molecule is CCOC(=O)C1=C(C)N=c2s/c(=C\c3cc(I)c(O)c(OC)c3)c(=O)n2[C@@H]1c1ccc(-c2cc([N+](=O)[O-])ccc2Cl)o1. The monoisotopic (exact) mass is 721 g/mol. The summed E-state index contributed by atoms with van der Waals surface area (Å²) in [6.07, 6.45) is 1.64. The van der Waals surface area contributed by atoms with Crippen molar-refractivity contribution in [2.24, 2.45) is 4.99 Å². The van der Waals surface area contributed by atoms with Crippen molar-refractivity contribution in [3.05, 3.63) is 103 Å². The number of aromatic nitrogens is 1. The molecule has 0 bridgehead atoms. The third-order valence-electron chi connectivity index (χ3n) is 6.41. The molecule has 0 amide bonds. The minimum absolute atomic E-state index is 0.0103. The summed E-state index contributed by atoms with van der Waals surface area (Å²) in [5.74, 6) is -0.00359. The number of carbonyl (C=O) groups is 1. The van der Waals surface area contributed by atoms with E-state index in [0.717, 1.165) is 11.3 Å². The number of phenols is 1. The zero-order chi connectivity index (χ0) is 30.3. The van der Waals surface area contributed by atoms with Crippen LogP contribution in [0.2, 0.25) is 5.02 Å². The van der Waals surface area contributed by atoms with E-state index in [1.165, 1.54) is 29.9 Å². The van der Waals surface area contributed by atoms with Crippen molar-refractivity contribution in [2.45, 2.75) is 19.9 Å². The fourth-order valence-electron chi connectivity index (χ4n) is 4.50. The number of furan rings is 1. The van der Waals surface area contributed by atoms with Crippen LogP contribution in [0.25, 0.3) is 17.4 Å². The molecule has 1 atom stereocenters. The highest BCUT2D eigenvalue weighted by Crippen LogP contribution is 2.37. The third-order valence-corrected chi connectivity index (χ3v) is 8.54. The van der Waals surface area contributed by atoms with E-state index >= 15 is 0 Å². The first-order valence-electron chi connectivity index (χ1n) is 12.3. The Morgan fingerprint density at radius 2 is 2.07 bits per heavy atom. The average Bonchev–Trinajstić information content (AvgIpc) is 3.55. The molecule has 0 saturated carbocycles. The Hall–Kier alpha value is -3.95. The largest absolute Gasteiger partial charge is 0.504 e. The molecular weight excluding hydrogens is 701 g/mol. The summed E-state index contributed by atoms with van der Waals surface area (Å²) in [5, 5.41) is 21.8. The summed E-state index contributed by atoms with van der Waals surface area (Å²) in [6, 6.07) is 9.38. The summed E-state index contributed by atoms with van der Waals surface area (Å²) in [6.45, 7) is 3.41. The Bertz CT molecular complexity index is 1980. The molecule has 0 aliphatic carbocycles. The van der Waals surface area contributed by atoms with Gasteiger partial charge in [0, 0.05) is 17.7 Å². The van der Waals surface area contributed by atoms with E-state index in [1.54, 1.807) is 44.2 Å². The standard InChI is InChI=1S/C28H21ClIN3O8S/c1-4-40-27(36)23-13(2)31-28-32(26(35)22(42-28)11-14-9-18(30)25(34)21(10-14)39-3)24(23)20-8-7-19(41-20)16-12-15(33(37)38)5-6-17(16)29/h5-12,24,34H,4H2,1-3H3/b22-11-/t24-/m1/s1. The van der Waals surface area contributed by atoms with Crippen molar-refractivity contribution < 1.29 is 28.7 Å². The van der Waals surface area contributed by atoms with Gasteiger partial charge in [-0.1, -0.05) is 22.9 Å². The maximum Gasteiger partial charge on any atom is 0.338 e. The van der Waals surface area contributed by atoms with Gasteiger partial charge in [0.05, 0.1) is 43.0 Å². The first-order valence-corrected chi connectivity index (χ1v) is 14.6. The number of benzene rings is 2. The minimum atomic E-state index is -1.04. The molecule has 1 N–H and O–H groups in total. The Morgan fingerprint density at radius 3 is 2.76 bits per heavy atom. The molecule has 11 nitrogen and oxygen atoms in total. The van der Waals surface area contributed by atoms with Gasteiger partial charge in [0.2, 0.25) is 0 Å². The number of allylic oxidation sites excluding steroid dienone is 1. The molecule has 0 saturated heterocycles. The normalized spacial score (nSPS) is 14.9. The van der Waals surface area contributed by atoms with Crippen LogP contribution in [0.4, 0.5) is 5.69 Å². The van der Waals surface area contributed by atoms with Crippen LogP contribution in [0.3, 0.4) is 0 Å². The third kappa shape index (κ3) is 5.34. The molecule has 0 spiro atoms. The first-order chi connectivity index (χ1) is 20.0. The van der Waals surface area contributed by atoms with Crippen LogP contribution in [-0.2, 0) is 9.53 Å². The van der Waals surface area contributed by atoms with Gasteiger partial charge in [0.15, 0.2) is 16.3 Å². The fraction of sp³-hybridized carbons (Fsp3) is 0.179. The minimum Gasteiger partial charge on any atom is -0.504 e. The maximum atomic E-state index is 13.9. The number of hydrogen-bond donors (Lipinski definition) is 1. The first kappa shape index (κ1) is 29.5. The Balaban J connectivity index is 1.70. The number of nitro groups is 1. The van der Waals surface area contributed by atoms with Crippen LogP contribution in [-0.4, -0.2) is 34.3 Å². The van der Waals surface area contributed by atoms with Crippen LogP contribution >= 0.6 is 45.5 Å². The summed E-state index contributed by atoms with van der Waals surface area (Å²) in [7, 11) is 1.43. The molecule has 14 heteroatoms. The van der Waals surface area contributed by atoms with Crippen molar-refractivity contribution in [3.8, 4) is 22.8 Å². The van der Waals surface area contributed by atoms with Crippen molar-refractivity contribution in [1.29, 1.82) is 0 Å². The second-order valence-electron chi connectivity index (χ2n) is 8.98. The van der Waals surface area contributed by atoms with Crippen LogP contribution in [0.5, 0.6) is 11.5 Å². The number of phenolic OH excluding ortho intramolecular Hbond substituents is 1. The number of nitro benzene ring substituents is 1. The topological polar surface area (TPSA) is 146 Å². The molecule has 5 rings (SSSR count). The zero-order valence-electron chi connectivity index (χ0n) is 22.2. The van der Waals surface area contributed by atoms with E-state index < -0.39 is 22.5 Å². The molecule has 0 unspecified atom stereocenters. The van der Waals surface area contributed by atoms with Gasteiger partial charge in [-0.05, 0) is 78.4 Å². The average molecular weight is 722 g/mol. The molecule has 216 valence electrons. The molecule has 4 aromatic rings. The second kappa shape index (κ2) is 11.7. The highest BCUT2D eigenvalue weighted by Gasteiger charge is 2.35. The lowest BCUT2D eigenvalue weighted by Crippen LogP contribution is -2.39. The zero-order valence-corrected chi connectivity index (χ0v) is 25.9. The van der Waals surface area contributed by atoms with Gasteiger partial charge in [-0.3, -0.25) is 19.5 Å². The van der Waals surface area contributed by atoms with E-state index in [9.17, 15) is 24.8 Å². The number of methoxy groups -OCH3 is 1. The Labute approximate surface area is 260 Å². The number of aromatic hydroxyl groups is 1. The van der Waals surface area contributed by atoms with Crippen LogP contribution in [0.1, 0.15) is 31.2 Å². The fourth-order valence-corrected chi connectivity index (χ4v) is 6.39. The smallest absolute Gasteiger partial charge is 0.338 e. The number of halogens is 2. The number of ether oxygens (including phenoxy) is 2. The predicted molar refractivity (Wildman–Crippen MR) is 164 cm³/mol. The quantitative estimate of drug-likeness (QED) is 0.122. The number of fused-ring (bicyclic) bond motifs is 1. The molecule has 0 fully saturated rings. The van der Waals surface area contributed by atoms with E-state index in [2.05, 4.69) is 4.99 Å². The summed E-state index contributed by atoms with van der Waals surface area (Å²) >= 11 is 9.43. The van der Waals surface area contributed by atoms with Gasteiger partial charge in [-0.15, -0.1) is 0 Å². The number of carbonyl (C=O) groups excluding carboxylic acids is 1. The van der Waals surface area contributed by atoms with E-state index in [-0.39, 0.29) is 51.5 Å². The van der Waals surface area contributed by atoms with Crippen molar-refractivity contribution in [1.82, 2.24) is 4.57 Å². The molecule has 42 heavy (non-hydrogen) atoms. The molecule has 1 aliphatic rings. The van der Waals surface area contributed by atoms with E-state index in [0.29, 0.717) is 24.2 Å². The predicted octanol–water partition coefficient (Wildman–Crippen LogP) is 4.94. The number of esters is 1. The Morgan fingerprint density at radius 1 is 1.31 bits per heavy atom. The number of rotatable bonds is 7. The number of nitrogens with zero attached hydrogens (tertiary/aromatic N) is 3. The highest BCUT2D eigenvalue weighted by atomic mass is 127. The highest BCUT2D eigenvalue weighted by molar-refractivity contribution is 14.1. The maximum absolute atomic E-state index is 13.9.